The fourth-order valence-corrected chi connectivity index (χ4v) is 1.74. The Balaban J connectivity index is 2.14. The highest BCUT2D eigenvalue weighted by Gasteiger charge is 2.10. The first-order valence-corrected chi connectivity index (χ1v) is 6.87. The average molecular weight is 329 g/mol. The van der Waals surface area contributed by atoms with Crippen LogP contribution >= 0.6 is 0 Å². The number of nitrogens with one attached hydrogen (secondary N) is 1. The molecule has 24 heavy (non-hydrogen) atoms. The van der Waals surface area contributed by atoms with E-state index in [-0.39, 0.29) is 17.5 Å². The van der Waals surface area contributed by atoms with E-state index in [0.717, 1.165) is 5.56 Å². The molecule has 124 valence electrons. The van der Waals surface area contributed by atoms with Gasteiger partial charge >= 0.3 is 5.88 Å². The van der Waals surface area contributed by atoms with Crippen molar-refractivity contribution >= 4 is 29.3 Å². The van der Waals surface area contributed by atoms with Gasteiger partial charge in [0.05, 0.1) is 18.0 Å². The molecule has 2 aromatic rings. The normalized spacial score (nSPS) is 12.6. The lowest BCUT2D eigenvalue weighted by atomic mass is 10.2. The molecule has 0 aliphatic heterocycles. The first kappa shape index (κ1) is 17.0. The van der Waals surface area contributed by atoms with Crippen LogP contribution in [-0.2, 0) is 0 Å². The van der Waals surface area contributed by atoms with Crippen LogP contribution in [0.4, 0.5) is 11.6 Å². The Morgan fingerprint density at radius 3 is 2.79 bits per heavy atom. The molecule has 0 spiro atoms. The van der Waals surface area contributed by atoms with Crippen LogP contribution in [0.1, 0.15) is 18.2 Å². The Labute approximate surface area is 137 Å². The second-order valence-corrected chi connectivity index (χ2v) is 4.77. The van der Waals surface area contributed by atoms with Gasteiger partial charge in [0.2, 0.25) is 0 Å². The van der Waals surface area contributed by atoms with E-state index in [9.17, 15) is 15.3 Å². The van der Waals surface area contributed by atoms with E-state index in [1.165, 1.54) is 18.3 Å². The number of hydroxylamine groups is 1. The molecule has 1 aromatic heterocycles. The highest BCUT2D eigenvalue weighted by atomic mass is 16.6. The van der Waals surface area contributed by atoms with Gasteiger partial charge < -0.3 is 4.42 Å². The predicted octanol–water partition coefficient (Wildman–Crippen LogP) is 3.00. The zero-order valence-electron chi connectivity index (χ0n) is 13.0. The summed E-state index contributed by atoms with van der Waals surface area (Å²) in [7, 11) is 0. The largest absolute Gasteiger partial charge is 0.433 e. The van der Waals surface area contributed by atoms with Gasteiger partial charge in [-0.05, 0) is 37.6 Å². The van der Waals surface area contributed by atoms with Crippen molar-refractivity contribution in [1.82, 2.24) is 5.48 Å². The van der Waals surface area contributed by atoms with Crippen LogP contribution in [0.25, 0.3) is 0 Å². The van der Waals surface area contributed by atoms with Crippen molar-refractivity contribution in [2.75, 3.05) is 0 Å². The maximum atomic E-state index is 10.5. The Morgan fingerprint density at radius 1 is 1.38 bits per heavy atom. The molecule has 0 saturated carbocycles. The van der Waals surface area contributed by atoms with E-state index in [4.69, 9.17) is 4.42 Å². The third-order valence-corrected chi connectivity index (χ3v) is 2.88. The third-order valence-electron chi connectivity index (χ3n) is 2.88. The summed E-state index contributed by atoms with van der Waals surface area (Å²) in [5.41, 5.74) is 3.96. The molecule has 9 heteroatoms. The summed E-state index contributed by atoms with van der Waals surface area (Å²) in [5, 5.41) is 27.3. The van der Waals surface area contributed by atoms with Crippen LogP contribution in [0.3, 0.4) is 0 Å². The number of hydrogen-bond donors (Lipinski definition) is 2. The van der Waals surface area contributed by atoms with Gasteiger partial charge in [-0.3, -0.25) is 20.8 Å². The van der Waals surface area contributed by atoms with Crippen molar-refractivity contribution in [2.45, 2.75) is 13.8 Å². The number of hydrogen-bond acceptors (Lipinski definition) is 7. The Hall–Kier alpha value is -3.33. The lowest BCUT2D eigenvalue weighted by Crippen LogP contribution is -2.26. The van der Waals surface area contributed by atoms with Gasteiger partial charge in [-0.1, -0.05) is 12.1 Å². The van der Waals surface area contributed by atoms with Gasteiger partial charge in [-0.25, -0.2) is 4.99 Å². The van der Waals surface area contributed by atoms with Gasteiger partial charge in [0.25, 0.3) is 0 Å². The number of aryl methyl sites for hydroxylation is 1. The topological polar surface area (TPSA) is 126 Å². The monoisotopic (exact) mass is 329 g/mol. The quantitative estimate of drug-likeness (QED) is 0.377. The lowest BCUT2D eigenvalue weighted by molar-refractivity contribution is -0.402. The van der Waals surface area contributed by atoms with Crippen molar-refractivity contribution in [3.05, 3.63) is 57.8 Å². The Bertz CT molecular complexity index is 823. The molecule has 0 fully saturated rings. The van der Waals surface area contributed by atoms with E-state index in [1.807, 2.05) is 30.6 Å². The SMILES string of the molecule is CC(=NN=Cc1ccc([N+](=O)[O-])o1)C(=Nc1cccc(C)c1)NO. The molecule has 9 nitrogen and oxygen atoms in total. The zero-order valence-corrected chi connectivity index (χ0v) is 13.0. The van der Waals surface area contributed by atoms with Crippen LogP contribution in [-0.4, -0.2) is 27.9 Å². The van der Waals surface area contributed by atoms with E-state index in [1.54, 1.807) is 13.0 Å². The molecular weight excluding hydrogens is 314 g/mol. The summed E-state index contributed by atoms with van der Waals surface area (Å²) in [4.78, 5) is 14.1. The molecule has 0 aliphatic rings. The van der Waals surface area contributed by atoms with Gasteiger partial charge in [-0.2, -0.15) is 10.2 Å². The summed E-state index contributed by atoms with van der Waals surface area (Å²) >= 11 is 0. The molecule has 1 aromatic carbocycles. The fraction of sp³-hybridized carbons (Fsp3) is 0.133. The molecule has 2 N–H and O–H groups in total. The summed E-state index contributed by atoms with van der Waals surface area (Å²) in [6, 6.07) is 10.0. The smallest absolute Gasteiger partial charge is 0.400 e. The minimum absolute atomic E-state index is 0.128. The van der Waals surface area contributed by atoms with E-state index < -0.39 is 4.92 Å². The number of furan rings is 1. The van der Waals surface area contributed by atoms with Crippen LogP contribution in [0.15, 0.2) is 56.0 Å². The molecule has 2 rings (SSSR count). The molecule has 0 amide bonds. The van der Waals surface area contributed by atoms with Gasteiger partial charge in [-0.15, -0.1) is 0 Å². The molecule has 0 aliphatic carbocycles. The van der Waals surface area contributed by atoms with E-state index in [2.05, 4.69) is 15.2 Å². The number of aliphatic imine (C=N–C) groups is 1. The molecule has 0 atom stereocenters. The maximum Gasteiger partial charge on any atom is 0.433 e. The summed E-state index contributed by atoms with van der Waals surface area (Å²) in [5.74, 6) is -0.0635. The Morgan fingerprint density at radius 2 is 2.17 bits per heavy atom. The van der Waals surface area contributed by atoms with Crippen LogP contribution in [0, 0.1) is 17.0 Å². The summed E-state index contributed by atoms with van der Waals surface area (Å²) in [6.45, 7) is 3.53. The van der Waals surface area contributed by atoms with Crippen molar-refractivity contribution in [2.24, 2.45) is 15.2 Å². The second-order valence-electron chi connectivity index (χ2n) is 4.77. The standard InChI is InChI=1S/C15H15N5O4/c1-10-4-3-5-12(8-10)17-15(19-21)11(2)18-16-9-13-6-7-14(24-13)20(22)23/h3-9,21H,1-2H3,(H,17,19). The highest BCUT2D eigenvalue weighted by molar-refractivity contribution is 6.40. The maximum absolute atomic E-state index is 10.5. The second kappa shape index (κ2) is 7.79. The fourth-order valence-electron chi connectivity index (χ4n) is 1.74. The number of nitrogens with zero attached hydrogens (tertiary/aromatic N) is 4. The molecule has 0 radical (unpaired) electrons. The first-order chi connectivity index (χ1) is 11.5. The molecule has 0 bridgehead atoms. The number of benzene rings is 1. The molecular formula is C15H15N5O4. The van der Waals surface area contributed by atoms with Crippen LogP contribution in [0.5, 0.6) is 0 Å². The highest BCUT2D eigenvalue weighted by Crippen LogP contribution is 2.14. The van der Waals surface area contributed by atoms with Gasteiger partial charge in [0.1, 0.15) is 10.6 Å². The van der Waals surface area contributed by atoms with Crippen molar-refractivity contribution in [3.63, 3.8) is 0 Å². The number of rotatable bonds is 5. The third kappa shape index (κ3) is 4.58. The zero-order chi connectivity index (χ0) is 17.5. The average Bonchev–Trinajstić information content (AvgIpc) is 3.01. The van der Waals surface area contributed by atoms with Crippen molar-refractivity contribution in [1.29, 1.82) is 0 Å². The van der Waals surface area contributed by atoms with Crippen molar-refractivity contribution < 1.29 is 14.5 Å². The lowest BCUT2D eigenvalue weighted by Gasteiger charge is -2.03. The van der Waals surface area contributed by atoms with E-state index >= 15 is 0 Å². The van der Waals surface area contributed by atoms with Crippen LogP contribution < -0.4 is 5.48 Å². The van der Waals surface area contributed by atoms with Gasteiger partial charge in [0.15, 0.2) is 11.6 Å². The predicted molar refractivity (Wildman–Crippen MR) is 89.3 cm³/mol. The first-order valence-electron chi connectivity index (χ1n) is 6.87. The van der Waals surface area contributed by atoms with Gasteiger partial charge in [0, 0.05) is 0 Å². The Kier molecular flexibility index (Phi) is 5.53. The molecule has 0 saturated heterocycles. The minimum Gasteiger partial charge on any atom is -0.400 e. The van der Waals surface area contributed by atoms with Crippen LogP contribution in [0.2, 0.25) is 0 Å². The van der Waals surface area contributed by atoms with E-state index in [0.29, 0.717) is 11.4 Å². The summed E-state index contributed by atoms with van der Waals surface area (Å²) in [6.07, 6.45) is 1.22. The number of nitro groups is 1. The number of amidine groups is 1. The molecule has 0 unspecified atom stereocenters. The van der Waals surface area contributed by atoms with Crippen molar-refractivity contribution in [3.8, 4) is 0 Å². The summed E-state index contributed by atoms with van der Waals surface area (Å²) < 4.78 is 4.91. The minimum atomic E-state index is -0.645. The molecule has 1 heterocycles.